The molecule has 1 aromatic heterocycles. The summed E-state index contributed by atoms with van der Waals surface area (Å²) in [5, 5.41) is 2.30. The van der Waals surface area contributed by atoms with Crippen molar-refractivity contribution in [3.05, 3.63) is 75.9 Å². The summed E-state index contributed by atoms with van der Waals surface area (Å²) in [5.74, 6) is 0. The highest BCUT2D eigenvalue weighted by molar-refractivity contribution is 6.42. The van der Waals surface area contributed by atoms with Crippen LogP contribution in [0.2, 0.25) is 10.0 Å². The van der Waals surface area contributed by atoms with E-state index in [1.165, 1.54) is 5.39 Å². The van der Waals surface area contributed by atoms with Crippen molar-refractivity contribution in [2.75, 3.05) is 19.7 Å². The Labute approximate surface area is 157 Å². The van der Waals surface area contributed by atoms with Crippen molar-refractivity contribution in [1.29, 1.82) is 0 Å². The largest absolute Gasteiger partial charge is 0.371 e. The number of fused-ring (bicyclic) bond motifs is 1. The summed E-state index contributed by atoms with van der Waals surface area (Å²) in [4.78, 5) is 7.14. The lowest BCUT2D eigenvalue weighted by atomic mass is 10.1. The molecule has 0 spiro atoms. The zero-order valence-corrected chi connectivity index (χ0v) is 15.2. The summed E-state index contributed by atoms with van der Waals surface area (Å²) < 4.78 is 5.93. The molecule has 2 heterocycles. The van der Waals surface area contributed by atoms with E-state index >= 15 is 0 Å². The highest BCUT2D eigenvalue weighted by Gasteiger charge is 2.23. The lowest BCUT2D eigenvalue weighted by Gasteiger charge is -2.33. The number of nitrogens with zero attached hydrogens (tertiary/aromatic N) is 2. The Kier molecular flexibility index (Phi) is 4.91. The number of aromatic nitrogens is 1. The van der Waals surface area contributed by atoms with Crippen LogP contribution in [0.1, 0.15) is 17.4 Å². The van der Waals surface area contributed by atoms with E-state index in [9.17, 15) is 0 Å². The van der Waals surface area contributed by atoms with Crippen molar-refractivity contribution in [3.8, 4) is 0 Å². The molecule has 128 valence electrons. The van der Waals surface area contributed by atoms with Crippen LogP contribution in [0.25, 0.3) is 10.9 Å². The molecule has 3 nitrogen and oxygen atoms in total. The first-order chi connectivity index (χ1) is 12.2. The number of rotatable bonds is 3. The van der Waals surface area contributed by atoms with Crippen molar-refractivity contribution in [3.63, 3.8) is 0 Å². The number of benzene rings is 2. The van der Waals surface area contributed by atoms with Gasteiger partial charge in [-0.1, -0.05) is 53.5 Å². The average molecular weight is 373 g/mol. The molecule has 5 heteroatoms. The zero-order chi connectivity index (χ0) is 17.2. The normalized spacial score (nSPS) is 18.6. The lowest BCUT2D eigenvalue weighted by Crippen LogP contribution is -2.38. The Bertz CT molecular complexity index is 900. The van der Waals surface area contributed by atoms with Crippen LogP contribution >= 0.6 is 23.2 Å². The summed E-state index contributed by atoms with van der Waals surface area (Å²) in [6.07, 6.45) is 0.00368. The minimum Gasteiger partial charge on any atom is -0.371 e. The minimum absolute atomic E-state index is 0.00368. The summed E-state index contributed by atoms with van der Waals surface area (Å²) >= 11 is 12.2. The van der Waals surface area contributed by atoms with Crippen molar-refractivity contribution >= 4 is 34.1 Å². The first-order valence-corrected chi connectivity index (χ1v) is 9.08. The second kappa shape index (κ2) is 7.30. The third-order valence-corrected chi connectivity index (χ3v) is 5.25. The van der Waals surface area contributed by atoms with Gasteiger partial charge < -0.3 is 4.74 Å². The SMILES string of the molecule is Clc1ccc([C@@H]2CN(Cc3ccc4ccccc4n3)CCO2)cc1Cl. The standard InChI is InChI=1S/C20H18Cl2N2O/c21-17-8-6-15(11-18(17)22)20-13-24(9-10-25-20)12-16-7-5-14-3-1-2-4-19(14)23-16/h1-8,11,20H,9-10,12-13H2/t20-/m0/s1. The third kappa shape index (κ3) is 3.80. The van der Waals surface area contributed by atoms with Gasteiger partial charge >= 0.3 is 0 Å². The molecule has 1 atom stereocenters. The first-order valence-electron chi connectivity index (χ1n) is 8.32. The molecule has 2 aromatic carbocycles. The van der Waals surface area contributed by atoms with E-state index in [4.69, 9.17) is 32.9 Å². The molecule has 0 amide bonds. The quantitative estimate of drug-likeness (QED) is 0.638. The summed E-state index contributed by atoms with van der Waals surface area (Å²) in [6.45, 7) is 3.21. The van der Waals surface area contributed by atoms with Crippen LogP contribution in [0.3, 0.4) is 0 Å². The van der Waals surface area contributed by atoms with E-state index in [1.807, 2.05) is 30.3 Å². The van der Waals surface area contributed by atoms with Gasteiger partial charge in [-0.3, -0.25) is 9.88 Å². The van der Waals surface area contributed by atoms with E-state index in [-0.39, 0.29) is 6.10 Å². The lowest BCUT2D eigenvalue weighted by molar-refractivity contribution is -0.0332. The fraction of sp³-hybridized carbons (Fsp3) is 0.250. The molecule has 0 radical (unpaired) electrons. The van der Waals surface area contributed by atoms with Gasteiger partial charge in [-0.25, -0.2) is 0 Å². The van der Waals surface area contributed by atoms with Gasteiger partial charge in [0.2, 0.25) is 0 Å². The highest BCUT2D eigenvalue weighted by atomic mass is 35.5. The number of pyridine rings is 1. The van der Waals surface area contributed by atoms with Crippen LogP contribution < -0.4 is 0 Å². The monoisotopic (exact) mass is 372 g/mol. The maximum Gasteiger partial charge on any atom is 0.0953 e. The van der Waals surface area contributed by atoms with Crippen LogP contribution in [0, 0.1) is 0 Å². The number of hydrogen-bond donors (Lipinski definition) is 0. The molecule has 0 bridgehead atoms. The number of hydrogen-bond acceptors (Lipinski definition) is 3. The molecule has 0 unspecified atom stereocenters. The Morgan fingerprint density at radius 3 is 2.80 bits per heavy atom. The maximum absolute atomic E-state index is 6.14. The summed E-state index contributed by atoms with van der Waals surface area (Å²) in [6, 6.07) is 18.1. The maximum atomic E-state index is 6.14. The minimum atomic E-state index is 0.00368. The number of morpholine rings is 1. The molecule has 25 heavy (non-hydrogen) atoms. The van der Waals surface area contributed by atoms with E-state index in [1.54, 1.807) is 0 Å². The molecule has 1 aliphatic heterocycles. The molecule has 1 fully saturated rings. The van der Waals surface area contributed by atoms with Gasteiger partial charge in [0, 0.05) is 25.0 Å². The molecule has 1 saturated heterocycles. The number of halogens is 2. The van der Waals surface area contributed by atoms with Gasteiger partial charge in [0.15, 0.2) is 0 Å². The molecule has 3 aromatic rings. The third-order valence-electron chi connectivity index (χ3n) is 4.51. The number of ether oxygens (including phenoxy) is 1. The van der Waals surface area contributed by atoms with Crippen LogP contribution in [-0.4, -0.2) is 29.6 Å². The second-order valence-corrected chi connectivity index (χ2v) is 7.08. The number of para-hydroxylation sites is 1. The van der Waals surface area contributed by atoms with Crippen LogP contribution in [0.4, 0.5) is 0 Å². The van der Waals surface area contributed by atoms with Crippen molar-refractivity contribution in [2.24, 2.45) is 0 Å². The van der Waals surface area contributed by atoms with Crippen molar-refractivity contribution in [1.82, 2.24) is 9.88 Å². The highest BCUT2D eigenvalue weighted by Crippen LogP contribution is 2.29. The molecular formula is C20H18Cl2N2O. The topological polar surface area (TPSA) is 25.4 Å². The average Bonchev–Trinajstić information content (AvgIpc) is 2.64. The molecule has 0 N–H and O–H groups in total. The molecule has 0 saturated carbocycles. The Balaban J connectivity index is 1.49. The van der Waals surface area contributed by atoms with Crippen molar-refractivity contribution < 1.29 is 4.74 Å². The fourth-order valence-corrected chi connectivity index (χ4v) is 3.49. The smallest absolute Gasteiger partial charge is 0.0953 e. The van der Waals surface area contributed by atoms with E-state index in [2.05, 4.69) is 29.2 Å². The van der Waals surface area contributed by atoms with Gasteiger partial charge in [-0.15, -0.1) is 0 Å². The van der Waals surface area contributed by atoms with Crippen LogP contribution in [0.15, 0.2) is 54.6 Å². The zero-order valence-electron chi connectivity index (χ0n) is 13.7. The molecule has 0 aliphatic carbocycles. The first kappa shape index (κ1) is 16.8. The molecular weight excluding hydrogens is 355 g/mol. The molecule has 4 rings (SSSR count). The Morgan fingerprint density at radius 2 is 1.92 bits per heavy atom. The predicted molar refractivity (Wildman–Crippen MR) is 102 cm³/mol. The van der Waals surface area contributed by atoms with Gasteiger partial charge in [-0.05, 0) is 29.8 Å². The Morgan fingerprint density at radius 1 is 1.04 bits per heavy atom. The van der Waals surface area contributed by atoms with Crippen molar-refractivity contribution in [2.45, 2.75) is 12.6 Å². The Hall–Kier alpha value is -1.65. The van der Waals surface area contributed by atoms with Crippen LogP contribution in [0.5, 0.6) is 0 Å². The van der Waals surface area contributed by atoms with E-state index in [0.29, 0.717) is 16.7 Å². The second-order valence-electron chi connectivity index (χ2n) is 6.26. The fourth-order valence-electron chi connectivity index (χ4n) is 3.19. The molecule has 1 aliphatic rings. The van der Waals surface area contributed by atoms with Gasteiger partial charge in [0.1, 0.15) is 0 Å². The summed E-state index contributed by atoms with van der Waals surface area (Å²) in [5.41, 5.74) is 3.17. The van der Waals surface area contributed by atoms with Crippen LogP contribution in [-0.2, 0) is 11.3 Å². The van der Waals surface area contributed by atoms with Gasteiger partial charge in [0.25, 0.3) is 0 Å². The summed E-state index contributed by atoms with van der Waals surface area (Å²) in [7, 11) is 0. The van der Waals surface area contributed by atoms with E-state index in [0.717, 1.165) is 36.4 Å². The van der Waals surface area contributed by atoms with Gasteiger partial charge in [0.05, 0.1) is 34.0 Å². The van der Waals surface area contributed by atoms with E-state index < -0.39 is 0 Å². The predicted octanol–water partition coefficient (Wildman–Crippen LogP) is 5.12. The van der Waals surface area contributed by atoms with Gasteiger partial charge in [-0.2, -0.15) is 0 Å².